The molecule has 0 radical (unpaired) electrons. The Balaban J connectivity index is 2.29. The second kappa shape index (κ2) is 4.92. The van der Waals surface area contributed by atoms with Crippen LogP contribution in [0.2, 0.25) is 0 Å². The second-order valence-corrected chi connectivity index (χ2v) is 4.75. The van der Waals surface area contributed by atoms with Crippen molar-refractivity contribution in [2.24, 2.45) is 0 Å². The third kappa shape index (κ3) is 2.10. The van der Waals surface area contributed by atoms with Gasteiger partial charge in [-0.05, 0) is 0 Å². The summed E-state index contributed by atoms with van der Waals surface area (Å²) >= 11 is 5.51. The predicted octanol–water partition coefficient (Wildman–Crippen LogP) is 0.00860. The molecule has 1 aromatic rings. The van der Waals surface area contributed by atoms with E-state index in [0.717, 1.165) is 5.75 Å². The van der Waals surface area contributed by atoms with Gasteiger partial charge in [-0.3, -0.25) is 14.2 Å². The molecule has 0 atom stereocenters. The number of nitrogens with one attached hydrogen (secondary N) is 1. The van der Waals surface area contributed by atoms with E-state index in [-0.39, 0.29) is 17.0 Å². The van der Waals surface area contributed by atoms with Gasteiger partial charge in [0.2, 0.25) is 0 Å². The van der Waals surface area contributed by atoms with Crippen molar-refractivity contribution in [3.8, 4) is 0 Å². The molecule has 0 unspecified atom stereocenters. The van der Waals surface area contributed by atoms with E-state index in [2.05, 4.69) is 22.9 Å². The fourth-order valence-electron chi connectivity index (χ4n) is 1.44. The largest absolute Gasteiger partial charge is 0.351 e. The zero-order chi connectivity index (χ0) is 11.5. The Morgan fingerprint density at radius 1 is 1.69 bits per heavy atom. The van der Waals surface area contributed by atoms with Gasteiger partial charge < -0.3 is 5.32 Å². The molecular formula is C9H11N3O2S2. The van der Waals surface area contributed by atoms with Crippen LogP contribution in [0, 0.1) is 0 Å². The van der Waals surface area contributed by atoms with Crippen LogP contribution < -0.4 is 10.9 Å². The van der Waals surface area contributed by atoms with Crippen LogP contribution in [0.1, 0.15) is 10.4 Å². The van der Waals surface area contributed by atoms with E-state index >= 15 is 0 Å². The van der Waals surface area contributed by atoms with Crippen LogP contribution >= 0.6 is 24.4 Å². The average molecular weight is 257 g/mol. The van der Waals surface area contributed by atoms with E-state index in [9.17, 15) is 9.59 Å². The van der Waals surface area contributed by atoms with E-state index in [4.69, 9.17) is 0 Å². The number of rotatable bonds is 3. The van der Waals surface area contributed by atoms with Crippen molar-refractivity contribution in [2.75, 3.05) is 18.1 Å². The zero-order valence-electron chi connectivity index (χ0n) is 8.47. The average Bonchev–Trinajstić information content (AvgIpc) is 2.75. The normalized spacial score (nSPS) is 13.6. The molecule has 0 fully saturated rings. The minimum atomic E-state index is -0.376. The summed E-state index contributed by atoms with van der Waals surface area (Å²) in [6.07, 6.45) is 1.35. The van der Waals surface area contributed by atoms with Crippen LogP contribution in [0.25, 0.3) is 0 Å². The standard InChI is InChI=1S/C9H11N3O2S2/c13-7(10-1-3-15)6-5-11-9-12(8(6)14)2-4-16-9/h5,15H,1-4H2,(H,10,13). The molecule has 0 aromatic carbocycles. The summed E-state index contributed by atoms with van der Waals surface area (Å²) in [5.41, 5.74) is -0.153. The van der Waals surface area contributed by atoms with Crippen molar-refractivity contribution >= 4 is 30.3 Å². The summed E-state index contributed by atoms with van der Waals surface area (Å²) in [6, 6.07) is 0. The third-order valence-electron chi connectivity index (χ3n) is 2.20. The number of amides is 1. The fourth-order valence-corrected chi connectivity index (χ4v) is 2.46. The van der Waals surface area contributed by atoms with E-state index in [0.29, 0.717) is 24.0 Å². The van der Waals surface area contributed by atoms with Crippen LogP contribution in [-0.4, -0.2) is 33.5 Å². The van der Waals surface area contributed by atoms with Crippen LogP contribution in [-0.2, 0) is 6.54 Å². The van der Waals surface area contributed by atoms with Crippen LogP contribution in [0.5, 0.6) is 0 Å². The van der Waals surface area contributed by atoms with Crippen molar-refractivity contribution in [3.63, 3.8) is 0 Å². The van der Waals surface area contributed by atoms with Gasteiger partial charge >= 0.3 is 0 Å². The van der Waals surface area contributed by atoms with Crippen molar-refractivity contribution in [3.05, 3.63) is 22.1 Å². The molecule has 5 nitrogen and oxygen atoms in total. The summed E-state index contributed by atoms with van der Waals surface area (Å²) in [5.74, 6) is 1.00. The number of hydrogen-bond acceptors (Lipinski definition) is 5. The Morgan fingerprint density at radius 3 is 3.25 bits per heavy atom. The van der Waals surface area contributed by atoms with Gasteiger partial charge in [0, 0.05) is 30.8 Å². The van der Waals surface area contributed by atoms with Gasteiger partial charge in [-0.15, -0.1) is 0 Å². The molecule has 1 aromatic heterocycles. The lowest BCUT2D eigenvalue weighted by Gasteiger charge is -2.05. The van der Waals surface area contributed by atoms with Crippen molar-refractivity contribution in [1.29, 1.82) is 0 Å². The molecule has 2 heterocycles. The molecule has 1 aliphatic rings. The highest BCUT2D eigenvalue weighted by Gasteiger charge is 2.19. The monoisotopic (exact) mass is 257 g/mol. The second-order valence-electron chi connectivity index (χ2n) is 3.24. The van der Waals surface area contributed by atoms with Crippen molar-refractivity contribution in [2.45, 2.75) is 11.7 Å². The molecule has 0 spiro atoms. The first-order chi connectivity index (χ1) is 7.74. The van der Waals surface area contributed by atoms with E-state index in [1.165, 1.54) is 18.0 Å². The van der Waals surface area contributed by atoms with Gasteiger partial charge in [-0.2, -0.15) is 12.6 Å². The zero-order valence-corrected chi connectivity index (χ0v) is 10.2. The van der Waals surface area contributed by atoms with E-state index in [1.54, 1.807) is 4.57 Å². The van der Waals surface area contributed by atoms with E-state index < -0.39 is 0 Å². The lowest BCUT2D eigenvalue weighted by Crippen LogP contribution is -2.34. The molecule has 7 heteroatoms. The van der Waals surface area contributed by atoms with Gasteiger partial charge in [0.15, 0.2) is 5.16 Å². The lowest BCUT2D eigenvalue weighted by molar-refractivity contribution is 0.0953. The smallest absolute Gasteiger partial charge is 0.267 e. The van der Waals surface area contributed by atoms with Crippen LogP contribution in [0.15, 0.2) is 16.1 Å². The molecule has 1 N–H and O–H groups in total. The molecule has 16 heavy (non-hydrogen) atoms. The molecule has 0 aliphatic carbocycles. The van der Waals surface area contributed by atoms with E-state index in [1.807, 2.05) is 0 Å². The minimum absolute atomic E-state index is 0.105. The summed E-state index contributed by atoms with van der Waals surface area (Å²) in [6.45, 7) is 1.07. The first-order valence-electron chi connectivity index (χ1n) is 4.85. The van der Waals surface area contributed by atoms with Gasteiger partial charge in [0.25, 0.3) is 11.5 Å². The predicted molar refractivity (Wildman–Crippen MR) is 65.4 cm³/mol. The first-order valence-corrected chi connectivity index (χ1v) is 6.47. The molecule has 0 saturated heterocycles. The number of thiol groups is 1. The van der Waals surface area contributed by atoms with Gasteiger partial charge in [-0.1, -0.05) is 11.8 Å². The minimum Gasteiger partial charge on any atom is -0.351 e. The topological polar surface area (TPSA) is 64.0 Å². The summed E-state index contributed by atoms with van der Waals surface area (Å²) in [7, 11) is 0. The first kappa shape index (κ1) is 11.5. The number of carbonyl (C=O) groups is 1. The molecule has 0 bridgehead atoms. The van der Waals surface area contributed by atoms with Gasteiger partial charge in [-0.25, -0.2) is 4.98 Å². The highest BCUT2D eigenvalue weighted by molar-refractivity contribution is 7.99. The molecule has 0 saturated carbocycles. The van der Waals surface area contributed by atoms with Crippen LogP contribution in [0.4, 0.5) is 0 Å². The van der Waals surface area contributed by atoms with Crippen molar-refractivity contribution < 1.29 is 4.79 Å². The summed E-state index contributed by atoms with van der Waals surface area (Å²) in [4.78, 5) is 27.6. The number of nitrogens with zero attached hydrogens (tertiary/aromatic N) is 2. The number of aromatic nitrogens is 2. The van der Waals surface area contributed by atoms with Crippen molar-refractivity contribution in [1.82, 2.24) is 14.9 Å². The molecular weight excluding hydrogens is 246 g/mol. The molecule has 1 amide bonds. The number of hydrogen-bond donors (Lipinski definition) is 2. The Morgan fingerprint density at radius 2 is 2.50 bits per heavy atom. The number of thioether (sulfide) groups is 1. The highest BCUT2D eigenvalue weighted by Crippen LogP contribution is 2.20. The quantitative estimate of drug-likeness (QED) is 0.591. The third-order valence-corrected chi connectivity index (χ3v) is 3.39. The molecule has 86 valence electrons. The number of carbonyl (C=O) groups excluding carboxylic acids is 1. The fraction of sp³-hybridized carbons (Fsp3) is 0.444. The Bertz CT molecular complexity index is 472. The maximum atomic E-state index is 11.9. The highest BCUT2D eigenvalue weighted by atomic mass is 32.2. The molecule has 2 rings (SSSR count). The SMILES string of the molecule is O=C(NCCS)c1cnc2n(c1=O)CCS2. The maximum absolute atomic E-state index is 11.9. The Hall–Kier alpha value is -0.950. The summed E-state index contributed by atoms with van der Waals surface area (Å²) in [5, 5.41) is 3.30. The van der Waals surface area contributed by atoms with Gasteiger partial charge in [0.1, 0.15) is 5.56 Å². The van der Waals surface area contributed by atoms with Gasteiger partial charge in [0.05, 0.1) is 0 Å². The Labute approximate surface area is 102 Å². The summed E-state index contributed by atoms with van der Waals surface area (Å²) < 4.78 is 1.54. The number of fused-ring (bicyclic) bond motifs is 1. The Kier molecular flexibility index (Phi) is 3.55. The maximum Gasteiger partial charge on any atom is 0.267 e. The molecule has 1 aliphatic heterocycles. The lowest BCUT2D eigenvalue weighted by atomic mass is 10.3. The van der Waals surface area contributed by atoms with Crippen LogP contribution in [0.3, 0.4) is 0 Å².